The minimum absolute atomic E-state index is 0.613. The lowest BCUT2D eigenvalue weighted by atomic mass is 9.94. The van der Waals surface area contributed by atoms with Crippen molar-refractivity contribution in [1.82, 2.24) is 9.97 Å². The minimum atomic E-state index is 0.613. The molecule has 2 aromatic heterocycles. The Morgan fingerprint density at radius 2 is 1.21 bits per heavy atom. The van der Waals surface area contributed by atoms with E-state index in [-0.39, 0.29) is 0 Å². The molecule has 42 heavy (non-hydrogen) atoms. The highest BCUT2D eigenvalue weighted by molar-refractivity contribution is 7.21. The van der Waals surface area contributed by atoms with Crippen LogP contribution >= 0.6 is 11.3 Å². The summed E-state index contributed by atoms with van der Waals surface area (Å²) in [6.45, 7) is 0. The number of aromatic nitrogens is 2. The van der Waals surface area contributed by atoms with Gasteiger partial charge in [-0.3, -0.25) is 0 Å². The van der Waals surface area contributed by atoms with Crippen molar-refractivity contribution in [3.63, 3.8) is 0 Å². The molecule has 6 aromatic carbocycles. The normalized spacial score (nSPS) is 11.3. The van der Waals surface area contributed by atoms with Gasteiger partial charge in [-0.15, -0.1) is 11.3 Å². The van der Waals surface area contributed by atoms with Gasteiger partial charge in [0.15, 0.2) is 5.58 Å². The van der Waals surface area contributed by atoms with E-state index in [9.17, 15) is 5.26 Å². The van der Waals surface area contributed by atoms with Gasteiger partial charge < -0.3 is 4.42 Å². The molecule has 0 N–H and O–H groups in total. The number of thiazole rings is 1. The number of hydrogen-bond acceptors (Lipinski definition) is 5. The summed E-state index contributed by atoms with van der Waals surface area (Å²) in [7, 11) is 0. The van der Waals surface area contributed by atoms with Gasteiger partial charge in [-0.2, -0.15) is 5.26 Å². The fraction of sp³-hybridized carbons (Fsp3) is 0. The Balaban J connectivity index is 1.25. The number of hydrogen-bond donors (Lipinski definition) is 0. The molecule has 0 fully saturated rings. The molecule has 0 aliphatic carbocycles. The lowest BCUT2D eigenvalue weighted by molar-refractivity contribution is 0.620. The van der Waals surface area contributed by atoms with Crippen LogP contribution in [0, 0.1) is 11.3 Å². The highest BCUT2D eigenvalue weighted by Crippen LogP contribution is 2.37. The van der Waals surface area contributed by atoms with Crippen molar-refractivity contribution >= 4 is 43.4 Å². The summed E-state index contributed by atoms with van der Waals surface area (Å²) in [4.78, 5) is 9.62. The van der Waals surface area contributed by atoms with E-state index in [1.807, 2.05) is 48.5 Å². The van der Waals surface area contributed by atoms with Crippen LogP contribution < -0.4 is 0 Å². The summed E-state index contributed by atoms with van der Waals surface area (Å²) in [5, 5.41) is 12.4. The number of rotatable bonds is 4. The Hall–Kier alpha value is -5.57. The second-order valence-electron chi connectivity index (χ2n) is 10.2. The number of nitrogens with zero attached hydrogens (tertiary/aromatic N) is 3. The first kappa shape index (κ1) is 24.2. The fourth-order valence-corrected chi connectivity index (χ4v) is 6.33. The van der Waals surface area contributed by atoms with Crippen molar-refractivity contribution in [2.45, 2.75) is 0 Å². The molecule has 0 atom stereocenters. The molecular weight excluding hydrogens is 534 g/mol. The van der Waals surface area contributed by atoms with E-state index in [4.69, 9.17) is 9.40 Å². The lowest BCUT2D eigenvalue weighted by Gasteiger charge is -2.11. The highest BCUT2D eigenvalue weighted by atomic mass is 32.1. The first-order valence-electron chi connectivity index (χ1n) is 13.6. The van der Waals surface area contributed by atoms with E-state index >= 15 is 0 Å². The van der Waals surface area contributed by atoms with Crippen LogP contribution in [-0.2, 0) is 0 Å². The van der Waals surface area contributed by atoms with Crippen molar-refractivity contribution in [3.05, 3.63) is 133 Å². The fourth-order valence-electron chi connectivity index (χ4n) is 5.38. The number of nitriles is 1. The summed E-state index contributed by atoms with van der Waals surface area (Å²) >= 11 is 1.70. The zero-order valence-electron chi connectivity index (χ0n) is 22.3. The predicted octanol–water partition coefficient (Wildman–Crippen LogP) is 10.1. The lowest BCUT2D eigenvalue weighted by Crippen LogP contribution is -1.87. The van der Waals surface area contributed by atoms with Gasteiger partial charge >= 0.3 is 0 Å². The monoisotopic (exact) mass is 555 g/mol. The van der Waals surface area contributed by atoms with Crippen LogP contribution in [0.2, 0.25) is 0 Å². The quantitative estimate of drug-likeness (QED) is 0.217. The van der Waals surface area contributed by atoms with E-state index in [0.29, 0.717) is 11.5 Å². The van der Waals surface area contributed by atoms with Crippen LogP contribution in [0.1, 0.15) is 5.56 Å². The van der Waals surface area contributed by atoms with Crippen molar-refractivity contribution in [2.75, 3.05) is 0 Å². The standard InChI is InChI=1S/C37H21N3OS/c38-22-23-9-10-27-18-28(16-15-26(27)17-23)30-19-29(20-31(21-30)37-40-33-6-2-4-8-35(33)42-37)24-11-13-25(14-12-24)36-39-32-5-1-3-7-34(32)41-36/h1-21H. The Morgan fingerprint density at radius 3 is 2.02 bits per heavy atom. The van der Waals surface area contributed by atoms with Crippen LogP contribution in [0.5, 0.6) is 0 Å². The molecular formula is C37H21N3OS. The third-order valence-corrected chi connectivity index (χ3v) is 8.62. The summed E-state index contributed by atoms with van der Waals surface area (Å²) in [5.41, 5.74) is 9.73. The van der Waals surface area contributed by atoms with Crippen molar-refractivity contribution < 1.29 is 4.42 Å². The number of oxazole rings is 1. The van der Waals surface area contributed by atoms with Gasteiger partial charge in [0, 0.05) is 11.1 Å². The van der Waals surface area contributed by atoms with Crippen LogP contribution in [0.15, 0.2) is 132 Å². The molecule has 2 heterocycles. The average molecular weight is 556 g/mol. The van der Waals surface area contributed by atoms with Crippen LogP contribution in [0.4, 0.5) is 0 Å². The Labute approximate surface area is 245 Å². The number of benzene rings is 6. The van der Waals surface area contributed by atoms with E-state index in [0.717, 1.165) is 65.8 Å². The second-order valence-corrected chi connectivity index (χ2v) is 11.3. The second kappa shape index (κ2) is 9.81. The van der Waals surface area contributed by atoms with E-state index in [1.165, 1.54) is 4.70 Å². The zero-order chi connectivity index (χ0) is 28.0. The highest BCUT2D eigenvalue weighted by Gasteiger charge is 2.13. The topological polar surface area (TPSA) is 62.7 Å². The summed E-state index contributed by atoms with van der Waals surface area (Å²) in [6.07, 6.45) is 0. The van der Waals surface area contributed by atoms with Gasteiger partial charge in [-0.05, 0) is 106 Å². The molecule has 5 heteroatoms. The maximum Gasteiger partial charge on any atom is 0.227 e. The molecule has 0 radical (unpaired) electrons. The first-order chi connectivity index (χ1) is 20.7. The van der Waals surface area contributed by atoms with E-state index in [1.54, 1.807) is 11.3 Å². The molecule has 0 aliphatic heterocycles. The van der Waals surface area contributed by atoms with E-state index in [2.05, 4.69) is 89.9 Å². The van der Waals surface area contributed by atoms with Gasteiger partial charge in [0.1, 0.15) is 10.5 Å². The van der Waals surface area contributed by atoms with Crippen LogP contribution in [-0.4, -0.2) is 9.97 Å². The SMILES string of the molecule is N#Cc1ccc2cc(-c3cc(-c4ccc(-c5nc6ccccc6o5)cc4)cc(-c4nc5ccccc5s4)c3)ccc2c1. The van der Waals surface area contributed by atoms with Crippen molar-refractivity contribution in [3.8, 4) is 50.3 Å². The van der Waals surface area contributed by atoms with Gasteiger partial charge in [-0.25, -0.2) is 9.97 Å². The molecule has 8 rings (SSSR count). The third-order valence-electron chi connectivity index (χ3n) is 7.54. The smallest absolute Gasteiger partial charge is 0.227 e. The van der Waals surface area contributed by atoms with Crippen molar-refractivity contribution in [2.24, 2.45) is 0 Å². The summed E-state index contributed by atoms with van der Waals surface area (Å²) in [6, 6.07) is 45.6. The third kappa shape index (κ3) is 4.32. The molecule has 0 unspecified atom stereocenters. The van der Waals surface area contributed by atoms with Gasteiger partial charge in [0.2, 0.25) is 5.89 Å². The number of fused-ring (bicyclic) bond motifs is 3. The largest absolute Gasteiger partial charge is 0.436 e. The Morgan fingerprint density at radius 1 is 0.548 bits per heavy atom. The molecule has 0 amide bonds. The van der Waals surface area contributed by atoms with E-state index < -0.39 is 0 Å². The van der Waals surface area contributed by atoms with Crippen molar-refractivity contribution in [1.29, 1.82) is 5.26 Å². The van der Waals surface area contributed by atoms with Gasteiger partial charge in [-0.1, -0.05) is 54.6 Å². The molecule has 0 spiro atoms. The molecule has 0 aliphatic rings. The van der Waals surface area contributed by atoms with Gasteiger partial charge in [0.25, 0.3) is 0 Å². The van der Waals surface area contributed by atoms with Gasteiger partial charge in [0.05, 0.1) is 21.8 Å². The predicted molar refractivity (Wildman–Crippen MR) is 171 cm³/mol. The number of para-hydroxylation sites is 3. The Bertz CT molecular complexity index is 2260. The summed E-state index contributed by atoms with van der Waals surface area (Å²) in [5.74, 6) is 0.613. The Kier molecular flexibility index (Phi) is 5.66. The minimum Gasteiger partial charge on any atom is -0.436 e. The van der Waals surface area contributed by atoms with Crippen LogP contribution in [0.3, 0.4) is 0 Å². The first-order valence-corrected chi connectivity index (χ1v) is 14.4. The molecule has 0 saturated carbocycles. The zero-order valence-corrected chi connectivity index (χ0v) is 23.1. The molecule has 0 bridgehead atoms. The molecule has 196 valence electrons. The molecule has 0 saturated heterocycles. The van der Waals surface area contributed by atoms with Crippen LogP contribution in [0.25, 0.3) is 76.4 Å². The maximum atomic E-state index is 9.31. The maximum absolute atomic E-state index is 9.31. The average Bonchev–Trinajstić information content (AvgIpc) is 3.69. The molecule has 4 nitrogen and oxygen atoms in total. The summed E-state index contributed by atoms with van der Waals surface area (Å²) < 4.78 is 7.16. The molecule has 8 aromatic rings.